The van der Waals surface area contributed by atoms with E-state index in [4.69, 9.17) is 5.73 Å². The van der Waals surface area contributed by atoms with Crippen molar-refractivity contribution in [2.75, 3.05) is 5.32 Å². The van der Waals surface area contributed by atoms with E-state index in [1.54, 1.807) is 39.0 Å². The number of carbonyl (C=O) groups is 2. The maximum atomic E-state index is 13.9. The first-order valence-electron chi connectivity index (χ1n) is 12.1. The van der Waals surface area contributed by atoms with Gasteiger partial charge in [-0.2, -0.15) is 31.4 Å². The molecule has 3 N–H and O–H groups in total. The summed E-state index contributed by atoms with van der Waals surface area (Å²) >= 11 is 0.537. The van der Waals surface area contributed by atoms with Crippen LogP contribution in [0.2, 0.25) is 0 Å². The average Bonchev–Trinajstić information content (AvgIpc) is 3.48. The second kappa shape index (κ2) is 9.79. The highest BCUT2D eigenvalue weighted by Gasteiger charge is 2.37. The number of anilines is 1. The lowest BCUT2D eigenvalue weighted by Gasteiger charge is -2.19. The second-order valence-corrected chi connectivity index (χ2v) is 11.3. The molecule has 2 amide bonds. The number of nitrogens with two attached hydrogens (primary N) is 1. The third-order valence-corrected chi connectivity index (χ3v) is 7.32. The number of pyridine rings is 1. The first kappa shape index (κ1) is 29.0. The van der Waals surface area contributed by atoms with Gasteiger partial charge in [0.05, 0.1) is 11.4 Å². The van der Waals surface area contributed by atoms with Gasteiger partial charge in [0.2, 0.25) is 0 Å². The van der Waals surface area contributed by atoms with Gasteiger partial charge in [0.1, 0.15) is 21.1 Å². The molecule has 0 aliphatic carbocycles. The molecule has 0 aliphatic heterocycles. The zero-order valence-electron chi connectivity index (χ0n) is 22.0. The minimum absolute atomic E-state index is 0.00202. The third-order valence-electron chi connectivity index (χ3n) is 6.22. The van der Waals surface area contributed by atoms with Gasteiger partial charge in [-0.3, -0.25) is 9.59 Å². The quantitative estimate of drug-likeness (QED) is 0.221. The Morgan fingerprint density at radius 2 is 1.57 bits per heavy atom. The van der Waals surface area contributed by atoms with Gasteiger partial charge >= 0.3 is 12.4 Å². The number of rotatable bonds is 4. The molecule has 4 aromatic heterocycles. The molecular weight excluding hydrogens is 586 g/mol. The van der Waals surface area contributed by atoms with Crippen LogP contribution in [0.15, 0.2) is 48.5 Å². The van der Waals surface area contributed by atoms with Gasteiger partial charge in [0.15, 0.2) is 11.3 Å². The molecule has 5 rings (SSSR count). The molecule has 8 nitrogen and oxygen atoms in total. The smallest absolute Gasteiger partial charge is 0.365 e. The standard InChI is InChI=1S/C27H20F6N6O2S/c1-25(2,3)15-11-17(27(31,32)33)39-18(35-15)10-14(38-39)23(41)37-20-19-13(12-7-5-4-6-8-12)9-16(26(28,29)30)36-24(19)42-21(20)22(34)40/h4-11H,1-3H3,(H2,34,40)(H,37,41). The fourth-order valence-corrected chi connectivity index (χ4v) is 5.24. The molecule has 1 aromatic carbocycles. The van der Waals surface area contributed by atoms with E-state index in [1.807, 2.05) is 0 Å². The van der Waals surface area contributed by atoms with Gasteiger partial charge in [0, 0.05) is 16.9 Å². The first-order chi connectivity index (χ1) is 19.4. The molecule has 0 saturated carbocycles. The lowest BCUT2D eigenvalue weighted by molar-refractivity contribution is -0.143. The summed E-state index contributed by atoms with van der Waals surface area (Å²) in [5.74, 6) is -2.11. The van der Waals surface area contributed by atoms with Crippen LogP contribution in [-0.2, 0) is 17.8 Å². The van der Waals surface area contributed by atoms with E-state index < -0.39 is 46.7 Å². The number of nitrogens with zero attached hydrogens (tertiary/aromatic N) is 4. The molecule has 218 valence electrons. The van der Waals surface area contributed by atoms with Crippen molar-refractivity contribution >= 4 is 44.7 Å². The summed E-state index contributed by atoms with van der Waals surface area (Å²) in [5, 5.41) is 6.23. The summed E-state index contributed by atoms with van der Waals surface area (Å²) in [4.78, 5) is 33.1. The minimum atomic E-state index is -4.84. The monoisotopic (exact) mass is 606 g/mol. The number of carbonyl (C=O) groups excluding carboxylic acids is 2. The second-order valence-electron chi connectivity index (χ2n) is 10.3. The van der Waals surface area contributed by atoms with Crippen LogP contribution in [0, 0.1) is 0 Å². The van der Waals surface area contributed by atoms with Crippen molar-refractivity contribution in [3.05, 3.63) is 76.2 Å². The number of aromatic nitrogens is 4. The van der Waals surface area contributed by atoms with Crippen LogP contribution >= 0.6 is 11.3 Å². The van der Waals surface area contributed by atoms with Crippen LogP contribution in [0.1, 0.15) is 58.0 Å². The van der Waals surface area contributed by atoms with E-state index in [-0.39, 0.29) is 37.7 Å². The number of alkyl halides is 6. The van der Waals surface area contributed by atoms with E-state index in [0.29, 0.717) is 21.4 Å². The first-order valence-corrected chi connectivity index (χ1v) is 13.0. The van der Waals surface area contributed by atoms with Gasteiger partial charge in [-0.25, -0.2) is 14.5 Å². The largest absolute Gasteiger partial charge is 0.433 e. The number of fused-ring (bicyclic) bond motifs is 2. The lowest BCUT2D eigenvalue weighted by Crippen LogP contribution is -2.20. The molecule has 0 atom stereocenters. The molecule has 0 spiro atoms. The Kier molecular flexibility index (Phi) is 6.75. The summed E-state index contributed by atoms with van der Waals surface area (Å²) in [6, 6.07) is 10.5. The zero-order chi connectivity index (χ0) is 30.8. The van der Waals surface area contributed by atoms with E-state index in [2.05, 4.69) is 20.4 Å². The summed E-state index contributed by atoms with van der Waals surface area (Å²) in [5.41, 5.74) is 1.78. The highest BCUT2D eigenvalue weighted by Crippen LogP contribution is 2.44. The van der Waals surface area contributed by atoms with Crippen LogP contribution in [0.4, 0.5) is 32.0 Å². The van der Waals surface area contributed by atoms with Crippen molar-refractivity contribution in [1.29, 1.82) is 0 Å². The molecule has 0 saturated heterocycles. The Bertz CT molecular complexity index is 1870. The minimum Gasteiger partial charge on any atom is -0.365 e. The van der Waals surface area contributed by atoms with E-state index in [9.17, 15) is 35.9 Å². The molecule has 15 heteroatoms. The summed E-state index contributed by atoms with van der Waals surface area (Å²) < 4.78 is 83.4. The number of benzene rings is 1. The van der Waals surface area contributed by atoms with E-state index >= 15 is 0 Å². The number of amides is 2. The predicted octanol–water partition coefficient (Wildman–Crippen LogP) is 6.69. The molecule has 0 radical (unpaired) electrons. The Balaban J connectivity index is 1.70. The van der Waals surface area contributed by atoms with Gasteiger partial charge in [-0.05, 0) is 23.3 Å². The Hall–Kier alpha value is -4.53. The number of primary amides is 1. The molecule has 0 bridgehead atoms. The molecule has 42 heavy (non-hydrogen) atoms. The number of hydrogen-bond acceptors (Lipinski definition) is 6. The Labute approximate surface area is 237 Å². The van der Waals surface area contributed by atoms with Crippen molar-refractivity contribution in [3.8, 4) is 11.1 Å². The van der Waals surface area contributed by atoms with Crippen LogP contribution in [0.25, 0.3) is 27.0 Å². The van der Waals surface area contributed by atoms with Gasteiger partial charge in [0.25, 0.3) is 11.8 Å². The lowest BCUT2D eigenvalue weighted by atomic mass is 9.91. The highest BCUT2D eigenvalue weighted by atomic mass is 32.1. The molecule has 0 fully saturated rings. The number of nitrogens with one attached hydrogen (secondary N) is 1. The van der Waals surface area contributed by atoms with Crippen LogP contribution in [0.3, 0.4) is 0 Å². The van der Waals surface area contributed by atoms with Gasteiger partial charge in [-0.15, -0.1) is 11.3 Å². The third kappa shape index (κ3) is 5.26. The Morgan fingerprint density at radius 1 is 0.905 bits per heavy atom. The molecular formula is C27H20F6N6O2S. The average molecular weight is 607 g/mol. The molecule has 0 aliphatic rings. The van der Waals surface area contributed by atoms with Crippen molar-refractivity contribution in [3.63, 3.8) is 0 Å². The SMILES string of the molecule is CC(C)(C)c1cc(C(F)(F)F)n2nc(C(=O)Nc3c(C(N)=O)sc4nc(C(F)(F)F)cc(-c5ccccc5)c34)cc2n1. The van der Waals surface area contributed by atoms with Crippen molar-refractivity contribution < 1.29 is 35.9 Å². The van der Waals surface area contributed by atoms with Gasteiger partial charge < -0.3 is 11.1 Å². The normalized spacial score (nSPS) is 12.7. The van der Waals surface area contributed by atoms with Crippen molar-refractivity contribution in [2.24, 2.45) is 5.73 Å². The maximum Gasteiger partial charge on any atom is 0.433 e. The van der Waals surface area contributed by atoms with Crippen molar-refractivity contribution in [2.45, 2.75) is 38.5 Å². The highest BCUT2D eigenvalue weighted by molar-refractivity contribution is 7.21. The Morgan fingerprint density at radius 3 is 2.14 bits per heavy atom. The number of hydrogen-bond donors (Lipinski definition) is 2. The van der Waals surface area contributed by atoms with Crippen LogP contribution in [-0.4, -0.2) is 31.4 Å². The number of halogens is 6. The fourth-order valence-electron chi connectivity index (χ4n) is 4.23. The topological polar surface area (TPSA) is 115 Å². The van der Waals surface area contributed by atoms with Crippen LogP contribution < -0.4 is 11.1 Å². The van der Waals surface area contributed by atoms with Crippen molar-refractivity contribution in [1.82, 2.24) is 19.6 Å². The van der Waals surface area contributed by atoms with Crippen LogP contribution in [0.5, 0.6) is 0 Å². The van der Waals surface area contributed by atoms with E-state index in [0.717, 1.165) is 18.2 Å². The summed E-state index contributed by atoms with van der Waals surface area (Å²) in [7, 11) is 0. The predicted molar refractivity (Wildman–Crippen MR) is 143 cm³/mol. The maximum absolute atomic E-state index is 13.9. The zero-order valence-corrected chi connectivity index (χ0v) is 22.8. The molecule has 5 aromatic rings. The molecule has 4 heterocycles. The molecule has 0 unspecified atom stereocenters. The van der Waals surface area contributed by atoms with E-state index in [1.165, 1.54) is 12.1 Å². The van der Waals surface area contributed by atoms with Gasteiger partial charge in [-0.1, -0.05) is 51.1 Å². The fraction of sp³-hybridized carbons (Fsp3) is 0.222. The number of thiophene rings is 1. The summed E-state index contributed by atoms with van der Waals surface area (Å²) in [6.45, 7) is 5.02. The summed E-state index contributed by atoms with van der Waals surface area (Å²) in [6.07, 6.45) is -9.67.